The van der Waals surface area contributed by atoms with Crippen LogP contribution in [-0.4, -0.2) is 31.5 Å². The maximum absolute atomic E-state index is 11.4. The van der Waals surface area contributed by atoms with Crippen LogP contribution in [0.4, 0.5) is 5.69 Å². The number of hydrogen-bond acceptors (Lipinski definition) is 6. The van der Waals surface area contributed by atoms with Gasteiger partial charge in [0.25, 0.3) is 5.69 Å². The molecule has 0 saturated carbocycles. The molecule has 5 N–H and O–H groups in total. The number of aromatic amines is 2. The molecule has 0 fully saturated rings. The van der Waals surface area contributed by atoms with E-state index in [1.165, 1.54) is 6.92 Å². The van der Waals surface area contributed by atoms with Crippen molar-refractivity contribution in [3.05, 3.63) is 48.5 Å². The summed E-state index contributed by atoms with van der Waals surface area (Å²) in [5, 5.41) is 20.0. The Bertz CT molecular complexity index is 895. The van der Waals surface area contributed by atoms with Crippen LogP contribution < -0.4 is 16.9 Å². The minimum atomic E-state index is -1.70. The zero-order valence-electron chi connectivity index (χ0n) is 11.4. The van der Waals surface area contributed by atoms with Crippen molar-refractivity contribution in [2.45, 2.75) is 18.9 Å². The molecule has 10 nitrogen and oxygen atoms in total. The van der Waals surface area contributed by atoms with Gasteiger partial charge in [-0.05, 0) is 12.5 Å². The number of hydrogen-bond donors (Lipinski definition) is 4. The number of nitrogens with zero attached hydrogens (tertiary/aromatic N) is 1. The Morgan fingerprint density at radius 3 is 2.50 bits per heavy atom. The summed E-state index contributed by atoms with van der Waals surface area (Å²) in [7, 11) is 0. The topological polar surface area (TPSA) is 172 Å². The molecule has 0 amide bonds. The van der Waals surface area contributed by atoms with E-state index in [2.05, 4.69) is 9.97 Å². The average Bonchev–Trinajstić information content (AvgIpc) is 2.39. The molecule has 1 atom stereocenters. The summed E-state index contributed by atoms with van der Waals surface area (Å²) in [6, 6.07) is 2.19. The smallest absolute Gasteiger partial charge is 0.323 e. The number of carboxylic acid groups (broad SMARTS) is 1. The fourth-order valence-electron chi connectivity index (χ4n) is 2.00. The zero-order chi connectivity index (χ0) is 16.7. The van der Waals surface area contributed by atoms with Gasteiger partial charge in [0.2, 0.25) is 0 Å². The average molecular weight is 308 g/mol. The van der Waals surface area contributed by atoms with Gasteiger partial charge in [0, 0.05) is 18.6 Å². The number of H-pyrrole nitrogens is 2. The third kappa shape index (κ3) is 2.72. The van der Waals surface area contributed by atoms with Crippen molar-refractivity contribution in [3.63, 3.8) is 0 Å². The van der Waals surface area contributed by atoms with Crippen LogP contribution in [0.15, 0.2) is 21.7 Å². The van der Waals surface area contributed by atoms with Crippen LogP contribution in [0.3, 0.4) is 0 Å². The minimum Gasteiger partial charge on any atom is -0.480 e. The molecule has 0 saturated heterocycles. The molecule has 0 bridgehead atoms. The van der Waals surface area contributed by atoms with E-state index in [4.69, 9.17) is 10.8 Å². The van der Waals surface area contributed by atoms with E-state index in [0.717, 1.165) is 12.1 Å². The molecule has 10 heteroatoms. The lowest BCUT2D eigenvalue weighted by Crippen LogP contribution is -2.47. The standard InChI is InChI=1S/C12H12N4O6/c1-12(13,11(19)20)4-5-2-6(16(21)22)3-7-8(5)15-10(18)9(17)14-7/h2-3H,4,13H2,1H3,(H,14,17)(H,15,18)(H,19,20)/t12-/m1/s1. The molecule has 0 aliphatic carbocycles. The van der Waals surface area contributed by atoms with Crippen LogP contribution in [0.5, 0.6) is 0 Å². The van der Waals surface area contributed by atoms with Crippen LogP contribution in [0, 0.1) is 10.1 Å². The van der Waals surface area contributed by atoms with Crippen LogP contribution >= 0.6 is 0 Å². The lowest BCUT2D eigenvalue weighted by molar-refractivity contribution is -0.384. The first-order valence-corrected chi connectivity index (χ1v) is 6.08. The predicted octanol–water partition coefficient (Wildman–Crippen LogP) is -0.531. The lowest BCUT2D eigenvalue weighted by Gasteiger charge is -2.19. The molecular weight excluding hydrogens is 296 g/mol. The number of aromatic nitrogens is 2. The largest absolute Gasteiger partial charge is 0.480 e. The Morgan fingerprint density at radius 2 is 1.95 bits per heavy atom. The highest BCUT2D eigenvalue weighted by atomic mass is 16.6. The Hall–Kier alpha value is -3.01. The van der Waals surface area contributed by atoms with Crippen LogP contribution in [0.1, 0.15) is 12.5 Å². The number of nitro groups is 1. The highest BCUT2D eigenvalue weighted by molar-refractivity contribution is 5.83. The number of nitrogens with one attached hydrogen (secondary N) is 2. The molecule has 2 aromatic rings. The van der Waals surface area contributed by atoms with E-state index in [1.807, 2.05) is 0 Å². The predicted molar refractivity (Wildman–Crippen MR) is 75.8 cm³/mol. The van der Waals surface area contributed by atoms with E-state index in [1.54, 1.807) is 0 Å². The van der Waals surface area contributed by atoms with E-state index in [0.29, 0.717) is 0 Å². The second kappa shape index (κ2) is 5.07. The van der Waals surface area contributed by atoms with Gasteiger partial charge in [-0.25, -0.2) is 0 Å². The van der Waals surface area contributed by atoms with Gasteiger partial charge in [-0.3, -0.25) is 24.5 Å². The van der Waals surface area contributed by atoms with Crippen LogP contribution in [0.2, 0.25) is 0 Å². The number of rotatable bonds is 4. The first kappa shape index (κ1) is 15.4. The van der Waals surface area contributed by atoms with Crippen molar-refractivity contribution in [1.82, 2.24) is 9.97 Å². The summed E-state index contributed by atoms with van der Waals surface area (Å²) in [5.41, 5.74) is 1.95. The zero-order valence-corrected chi connectivity index (χ0v) is 11.4. The first-order chi connectivity index (χ1) is 10.1. The quantitative estimate of drug-likeness (QED) is 0.333. The van der Waals surface area contributed by atoms with Gasteiger partial charge in [-0.2, -0.15) is 0 Å². The molecule has 2 rings (SSSR count). The van der Waals surface area contributed by atoms with Crippen LogP contribution in [-0.2, 0) is 11.2 Å². The molecule has 116 valence electrons. The number of carboxylic acids is 1. The SMILES string of the molecule is C[C@@](N)(Cc1cc([N+](=O)[O-])cc2[nH]c(=O)c(=O)[nH]c12)C(=O)O. The second-order valence-electron chi connectivity index (χ2n) is 5.09. The number of carbonyl (C=O) groups is 1. The van der Waals surface area contributed by atoms with Crippen molar-refractivity contribution >= 4 is 22.7 Å². The maximum atomic E-state index is 11.4. The Balaban J connectivity index is 2.77. The number of fused-ring (bicyclic) bond motifs is 1. The Kier molecular flexibility index (Phi) is 3.55. The van der Waals surface area contributed by atoms with Crippen molar-refractivity contribution in [3.8, 4) is 0 Å². The highest BCUT2D eigenvalue weighted by Gasteiger charge is 2.30. The molecule has 0 radical (unpaired) electrons. The minimum absolute atomic E-state index is 0.0231. The Labute approximate surface area is 121 Å². The van der Waals surface area contributed by atoms with Crippen molar-refractivity contribution < 1.29 is 14.8 Å². The molecule has 0 aliphatic rings. The van der Waals surface area contributed by atoms with Crippen molar-refractivity contribution in [2.24, 2.45) is 5.73 Å². The summed E-state index contributed by atoms with van der Waals surface area (Å²) in [6.07, 6.45) is -0.275. The molecule has 0 aliphatic heterocycles. The fraction of sp³-hybridized carbons (Fsp3) is 0.250. The molecule has 22 heavy (non-hydrogen) atoms. The van der Waals surface area contributed by atoms with E-state index in [-0.39, 0.29) is 28.7 Å². The van der Waals surface area contributed by atoms with Gasteiger partial charge >= 0.3 is 17.1 Å². The normalized spacial score (nSPS) is 13.7. The second-order valence-corrected chi connectivity index (χ2v) is 5.09. The van der Waals surface area contributed by atoms with E-state index in [9.17, 15) is 24.5 Å². The molecule has 1 aromatic heterocycles. The maximum Gasteiger partial charge on any atom is 0.323 e. The van der Waals surface area contributed by atoms with E-state index < -0.39 is 27.6 Å². The third-order valence-electron chi connectivity index (χ3n) is 3.15. The summed E-state index contributed by atoms with van der Waals surface area (Å²) in [5.74, 6) is -1.31. The van der Waals surface area contributed by atoms with Crippen LogP contribution in [0.25, 0.3) is 11.0 Å². The van der Waals surface area contributed by atoms with Crippen molar-refractivity contribution in [2.75, 3.05) is 0 Å². The van der Waals surface area contributed by atoms with Gasteiger partial charge in [0.05, 0.1) is 16.0 Å². The highest BCUT2D eigenvalue weighted by Crippen LogP contribution is 2.24. The fourth-order valence-corrected chi connectivity index (χ4v) is 2.00. The number of benzene rings is 1. The van der Waals surface area contributed by atoms with Gasteiger partial charge in [0.1, 0.15) is 5.54 Å². The number of nitrogens with two attached hydrogens (primary N) is 1. The molecule has 1 aromatic carbocycles. The van der Waals surface area contributed by atoms with Gasteiger partial charge < -0.3 is 20.8 Å². The molecule has 0 unspecified atom stereocenters. The molecule has 1 heterocycles. The monoisotopic (exact) mass is 308 g/mol. The third-order valence-corrected chi connectivity index (χ3v) is 3.15. The van der Waals surface area contributed by atoms with E-state index >= 15 is 0 Å². The molecule has 0 spiro atoms. The summed E-state index contributed by atoms with van der Waals surface area (Å²) < 4.78 is 0. The summed E-state index contributed by atoms with van der Waals surface area (Å²) in [4.78, 5) is 48.6. The number of aliphatic carboxylic acids is 1. The summed E-state index contributed by atoms with van der Waals surface area (Å²) >= 11 is 0. The van der Waals surface area contributed by atoms with Gasteiger partial charge in [-0.15, -0.1) is 0 Å². The number of non-ortho nitro benzene ring substituents is 1. The summed E-state index contributed by atoms with van der Waals surface area (Å²) in [6.45, 7) is 1.24. The first-order valence-electron chi connectivity index (χ1n) is 6.08. The van der Waals surface area contributed by atoms with Gasteiger partial charge in [0.15, 0.2) is 0 Å². The number of nitro benzene ring substituents is 1. The lowest BCUT2D eigenvalue weighted by atomic mass is 9.93. The van der Waals surface area contributed by atoms with Gasteiger partial charge in [-0.1, -0.05) is 0 Å². The molecular formula is C12H12N4O6. The van der Waals surface area contributed by atoms with Crippen molar-refractivity contribution in [1.29, 1.82) is 0 Å². The Morgan fingerprint density at radius 1 is 1.36 bits per heavy atom.